The van der Waals surface area contributed by atoms with Gasteiger partial charge in [-0.25, -0.2) is 4.98 Å². The number of fused-ring (bicyclic) bond motifs is 3. The van der Waals surface area contributed by atoms with E-state index in [0.29, 0.717) is 5.92 Å². The SMILES string of the molecule is c1ccc2c(c1)CCC(c1ccc3nc(-c4ccc5c(c4)NCC5)[nH]c3c1)CC2. The molecule has 4 aromatic rings. The molecule has 0 spiro atoms. The summed E-state index contributed by atoms with van der Waals surface area (Å²) in [7, 11) is 0. The Kier molecular flexibility index (Phi) is 3.93. The van der Waals surface area contributed by atoms with Crippen molar-refractivity contribution < 1.29 is 0 Å². The van der Waals surface area contributed by atoms with Crippen LogP contribution in [-0.2, 0) is 19.3 Å². The van der Waals surface area contributed by atoms with Gasteiger partial charge >= 0.3 is 0 Å². The number of aromatic nitrogens is 2. The zero-order valence-electron chi connectivity index (χ0n) is 16.5. The Hall–Kier alpha value is -3.07. The number of hydrogen-bond donors (Lipinski definition) is 2. The number of H-pyrrole nitrogens is 1. The van der Waals surface area contributed by atoms with Crippen molar-refractivity contribution in [3.05, 3.63) is 82.9 Å². The van der Waals surface area contributed by atoms with Crippen LogP contribution in [0.4, 0.5) is 5.69 Å². The summed E-state index contributed by atoms with van der Waals surface area (Å²) < 4.78 is 0. The summed E-state index contributed by atoms with van der Waals surface area (Å²) in [6.07, 6.45) is 5.91. The van der Waals surface area contributed by atoms with Crippen molar-refractivity contribution in [3.8, 4) is 11.4 Å². The molecule has 29 heavy (non-hydrogen) atoms. The van der Waals surface area contributed by atoms with Gasteiger partial charge in [-0.05, 0) is 78.5 Å². The summed E-state index contributed by atoms with van der Waals surface area (Å²) in [5, 5.41) is 3.47. The van der Waals surface area contributed by atoms with Crippen LogP contribution >= 0.6 is 0 Å². The largest absolute Gasteiger partial charge is 0.384 e. The fourth-order valence-electron chi connectivity index (χ4n) is 5.04. The molecule has 0 unspecified atom stereocenters. The van der Waals surface area contributed by atoms with E-state index in [1.165, 1.54) is 53.6 Å². The lowest BCUT2D eigenvalue weighted by Gasteiger charge is -2.14. The Balaban J connectivity index is 1.30. The summed E-state index contributed by atoms with van der Waals surface area (Å²) in [5.74, 6) is 1.57. The minimum atomic E-state index is 0.614. The lowest BCUT2D eigenvalue weighted by atomic mass is 9.91. The Morgan fingerprint density at radius 1 is 0.793 bits per heavy atom. The Morgan fingerprint density at radius 2 is 1.62 bits per heavy atom. The van der Waals surface area contributed by atoms with Crippen LogP contribution in [0.1, 0.15) is 41.0 Å². The molecule has 0 amide bonds. The molecule has 3 nitrogen and oxygen atoms in total. The van der Waals surface area contributed by atoms with Gasteiger partial charge in [0.15, 0.2) is 0 Å². The van der Waals surface area contributed by atoms with Gasteiger partial charge in [0.05, 0.1) is 11.0 Å². The van der Waals surface area contributed by atoms with Crippen molar-refractivity contribution in [1.29, 1.82) is 0 Å². The molecule has 1 aliphatic heterocycles. The highest BCUT2D eigenvalue weighted by atomic mass is 14.9. The van der Waals surface area contributed by atoms with E-state index in [4.69, 9.17) is 4.98 Å². The summed E-state index contributed by atoms with van der Waals surface area (Å²) in [4.78, 5) is 8.44. The van der Waals surface area contributed by atoms with E-state index >= 15 is 0 Å². The third kappa shape index (κ3) is 3.02. The highest BCUT2D eigenvalue weighted by molar-refractivity contribution is 5.81. The van der Waals surface area contributed by atoms with Gasteiger partial charge in [0.2, 0.25) is 0 Å². The van der Waals surface area contributed by atoms with E-state index in [9.17, 15) is 0 Å². The van der Waals surface area contributed by atoms with Crippen LogP contribution in [0.2, 0.25) is 0 Å². The number of benzene rings is 3. The van der Waals surface area contributed by atoms with Crippen LogP contribution in [0.3, 0.4) is 0 Å². The van der Waals surface area contributed by atoms with E-state index in [1.807, 2.05) is 0 Å². The second-order valence-corrected chi connectivity index (χ2v) is 8.45. The molecule has 2 N–H and O–H groups in total. The zero-order chi connectivity index (χ0) is 19.2. The maximum absolute atomic E-state index is 4.86. The second-order valence-electron chi connectivity index (χ2n) is 8.45. The predicted octanol–water partition coefficient (Wildman–Crippen LogP) is 5.86. The third-order valence-electron chi connectivity index (χ3n) is 6.71. The topological polar surface area (TPSA) is 40.7 Å². The monoisotopic (exact) mass is 379 g/mol. The van der Waals surface area contributed by atoms with Crippen molar-refractivity contribution in [3.63, 3.8) is 0 Å². The summed E-state index contributed by atoms with van der Waals surface area (Å²) >= 11 is 0. The van der Waals surface area contributed by atoms with E-state index in [1.54, 1.807) is 0 Å². The lowest BCUT2D eigenvalue weighted by Crippen LogP contribution is -1.99. The molecular formula is C26H25N3. The fraction of sp³-hybridized carbons (Fsp3) is 0.269. The molecule has 2 heterocycles. The lowest BCUT2D eigenvalue weighted by molar-refractivity contribution is 0.600. The molecule has 1 aliphatic carbocycles. The molecule has 3 heteroatoms. The molecule has 144 valence electrons. The number of aromatic amines is 1. The van der Waals surface area contributed by atoms with Crippen LogP contribution in [0, 0.1) is 0 Å². The van der Waals surface area contributed by atoms with Gasteiger partial charge in [-0.3, -0.25) is 0 Å². The van der Waals surface area contributed by atoms with E-state index in [-0.39, 0.29) is 0 Å². The highest BCUT2D eigenvalue weighted by Crippen LogP contribution is 2.34. The predicted molar refractivity (Wildman–Crippen MR) is 120 cm³/mol. The first-order chi connectivity index (χ1) is 14.3. The number of nitrogens with one attached hydrogen (secondary N) is 2. The molecule has 0 radical (unpaired) electrons. The Bertz CT molecular complexity index is 1180. The minimum Gasteiger partial charge on any atom is -0.384 e. The minimum absolute atomic E-state index is 0.614. The van der Waals surface area contributed by atoms with Gasteiger partial charge in [0.25, 0.3) is 0 Å². The van der Waals surface area contributed by atoms with Crippen LogP contribution in [0.25, 0.3) is 22.4 Å². The van der Waals surface area contributed by atoms with Gasteiger partial charge in [0, 0.05) is 17.8 Å². The number of anilines is 1. The van der Waals surface area contributed by atoms with E-state index < -0.39 is 0 Å². The van der Waals surface area contributed by atoms with Gasteiger partial charge in [-0.2, -0.15) is 0 Å². The number of rotatable bonds is 2. The molecule has 0 bridgehead atoms. The van der Waals surface area contributed by atoms with Gasteiger partial charge in [0.1, 0.15) is 5.82 Å². The molecule has 0 atom stereocenters. The molecule has 0 fully saturated rings. The number of aryl methyl sites for hydroxylation is 2. The summed E-state index contributed by atoms with van der Waals surface area (Å²) in [6.45, 7) is 1.04. The smallest absolute Gasteiger partial charge is 0.138 e. The molecule has 1 aromatic heterocycles. The average molecular weight is 380 g/mol. The molecule has 0 saturated heterocycles. The highest BCUT2D eigenvalue weighted by Gasteiger charge is 2.19. The number of nitrogens with zero attached hydrogens (tertiary/aromatic N) is 1. The van der Waals surface area contributed by atoms with Crippen LogP contribution in [0.5, 0.6) is 0 Å². The first-order valence-electron chi connectivity index (χ1n) is 10.8. The molecular weight excluding hydrogens is 354 g/mol. The standard InChI is InChI=1S/C26H25N3/c1-2-4-18-6-8-19(7-5-17(18)3-1)21-11-12-23-25(15-21)29-26(28-23)22-10-9-20-13-14-27-24(20)16-22/h1-4,9-12,15-16,19,27H,5-8,13-14H2,(H,28,29). The van der Waals surface area contributed by atoms with Crippen molar-refractivity contribution in [2.45, 2.75) is 38.0 Å². The molecule has 3 aromatic carbocycles. The maximum atomic E-state index is 4.86. The average Bonchev–Trinajstić information content (AvgIpc) is 3.34. The maximum Gasteiger partial charge on any atom is 0.138 e. The van der Waals surface area contributed by atoms with Gasteiger partial charge in [-0.1, -0.05) is 42.5 Å². The van der Waals surface area contributed by atoms with Gasteiger partial charge < -0.3 is 10.3 Å². The fourth-order valence-corrected chi connectivity index (χ4v) is 5.04. The summed E-state index contributed by atoms with van der Waals surface area (Å²) in [6, 6.07) is 22.4. The van der Waals surface area contributed by atoms with Crippen LogP contribution in [-0.4, -0.2) is 16.5 Å². The number of imidazole rings is 1. The normalized spacial score (nSPS) is 16.3. The summed E-state index contributed by atoms with van der Waals surface area (Å²) in [5.41, 5.74) is 10.5. The Morgan fingerprint density at radius 3 is 2.45 bits per heavy atom. The van der Waals surface area contributed by atoms with E-state index in [2.05, 4.69) is 71.0 Å². The first-order valence-corrected chi connectivity index (χ1v) is 10.8. The van der Waals surface area contributed by atoms with Crippen molar-refractivity contribution in [1.82, 2.24) is 9.97 Å². The molecule has 2 aliphatic rings. The van der Waals surface area contributed by atoms with Crippen LogP contribution in [0.15, 0.2) is 60.7 Å². The third-order valence-corrected chi connectivity index (χ3v) is 6.71. The van der Waals surface area contributed by atoms with Crippen LogP contribution < -0.4 is 5.32 Å². The number of hydrogen-bond acceptors (Lipinski definition) is 2. The van der Waals surface area contributed by atoms with Gasteiger partial charge in [-0.15, -0.1) is 0 Å². The molecule has 0 saturated carbocycles. The first kappa shape index (κ1) is 16.8. The van der Waals surface area contributed by atoms with E-state index in [0.717, 1.165) is 35.4 Å². The molecule has 6 rings (SSSR count). The van der Waals surface area contributed by atoms with Crippen molar-refractivity contribution in [2.24, 2.45) is 0 Å². The zero-order valence-corrected chi connectivity index (χ0v) is 16.5. The van der Waals surface area contributed by atoms with Crippen molar-refractivity contribution in [2.75, 3.05) is 11.9 Å². The Labute approximate surface area is 171 Å². The second kappa shape index (κ2) is 6.77. The quantitative estimate of drug-likeness (QED) is 0.428. The van der Waals surface area contributed by atoms with Crippen molar-refractivity contribution >= 4 is 16.7 Å².